The molecule has 1 fully saturated rings. The molecule has 2 aromatic rings. The highest BCUT2D eigenvalue weighted by molar-refractivity contribution is 6.01. The first-order valence-corrected chi connectivity index (χ1v) is 16.2. The summed E-state index contributed by atoms with van der Waals surface area (Å²) in [4.78, 5) is 68.5. The molecule has 14 nitrogen and oxygen atoms in total. The smallest absolute Gasteiger partial charge is 0.255 e. The van der Waals surface area contributed by atoms with Gasteiger partial charge in [-0.05, 0) is 36.1 Å². The number of fused-ring (bicyclic) bond motifs is 1. The van der Waals surface area contributed by atoms with Gasteiger partial charge in [0.05, 0.1) is 37.8 Å². The van der Waals surface area contributed by atoms with Gasteiger partial charge in [0, 0.05) is 26.2 Å². The number of amides is 5. The summed E-state index contributed by atoms with van der Waals surface area (Å²) in [6, 6.07) is 10.0. The van der Waals surface area contributed by atoms with Crippen molar-refractivity contribution in [3.05, 3.63) is 65.2 Å². The lowest BCUT2D eigenvalue weighted by atomic mass is 10.0. The number of hydrogen-bond donors (Lipinski definition) is 6. The molecule has 4 rings (SSSR count). The van der Waals surface area contributed by atoms with Crippen LogP contribution in [0.15, 0.2) is 48.5 Å². The van der Waals surface area contributed by atoms with Crippen LogP contribution in [0.1, 0.15) is 48.7 Å². The quantitative estimate of drug-likeness (QED) is 0.234. The van der Waals surface area contributed by atoms with E-state index in [1.165, 1.54) is 6.07 Å². The Bertz CT molecular complexity index is 1430. The van der Waals surface area contributed by atoms with E-state index >= 15 is 0 Å². The van der Waals surface area contributed by atoms with Gasteiger partial charge >= 0.3 is 0 Å². The van der Waals surface area contributed by atoms with Crippen LogP contribution < -0.4 is 31.3 Å². The van der Waals surface area contributed by atoms with Gasteiger partial charge in [-0.15, -0.1) is 0 Å². The van der Waals surface area contributed by atoms with Gasteiger partial charge < -0.3 is 41.2 Å². The molecule has 0 radical (unpaired) electrons. The van der Waals surface area contributed by atoms with Crippen LogP contribution >= 0.6 is 0 Å². The molecular formula is C34H46N6O8. The van der Waals surface area contributed by atoms with E-state index in [1.54, 1.807) is 39.0 Å². The number of aliphatic hydroxyl groups is 1. The van der Waals surface area contributed by atoms with E-state index < -0.39 is 66.7 Å². The molecule has 0 aliphatic carbocycles. The van der Waals surface area contributed by atoms with E-state index in [4.69, 9.17) is 9.47 Å². The number of nitrogens with zero attached hydrogens (tertiary/aromatic N) is 1. The van der Waals surface area contributed by atoms with Crippen LogP contribution in [-0.2, 0) is 37.0 Å². The third-order valence-electron chi connectivity index (χ3n) is 8.10. The molecule has 4 atom stereocenters. The van der Waals surface area contributed by atoms with Crippen molar-refractivity contribution in [1.29, 1.82) is 0 Å². The van der Waals surface area contributed by atoms with Crippen molar-refractivity contribution in [2.75, 3.05) is 39.5 Å². The van der Waals surface area contributed by atoms with Crippen molar-refractivity contribution >= 4 is 29.5 Å². The topological polar surface area (TPSA) is 187 Å². The Morgan fingerprint density at radius 3 is 2.31 bits per heavy atom. The Kier molecular flexibility index (Phi) is 13.3. The summed E-state index contributed by atoms with van der Waals surface area (Å²) in [6.07, 6.45) is -0.534. The molecule has 0 bridgehead atoms. The summed E-state index contributed by atoms with van der Waals surface area (Å²) in [5.74, 6) is -3.42. The minimum atomic E-state index is -1.40. The second-order valence-electron chi connectivity index (χ2n) is 12.4. The highest BCUT2D eigenvalue weighted by Gasteiger charge is 2.31. The SMILES string of the molecule is CC(C)[C@H]1NC(=O)[C@H](CO)NC(=O)C[C@@H](C(=O)NCc2ccc(CN3CCOCC3)cc2)NC(=O)c2ccccc2OC[C@H](C)NC1=O. The zero-order chi connectivity index (χ0) is 34.6. The zero-order valence-electron chi connectivity index (χ0n) is 27.6. The molecule has 14 heteroatoms. The number of carbonyl (C=O) groups is 5. The van der Waals surface area contributed by atoms with Crippen LogP contribution in [0.25, 0.3) is 0 Å². The standard InChI is InChI=1S/C34H46N6O8/c1-21(2)30-34(46)36-22(3)20-48-28-7-5-4-6-25(28)31(43)38-26(16-29(42)37-27(19-41)33(45)39-30)32(44)35-17-23-8-10-24(11-9-23)18-40-12-14-47-15-13-40/h4-11,21-22,26-27,30,41H,12-20H2,1-3H3,(H,35,44)(H,36,46)(H,37,42)(H,38,43)(H,39,45)/t22-,26-,27-,30+/m0/s1. The molecule has 0 unspecified atom stereocenters. The van der Waals surface area contributed by atoms with E-state index in [9.17, 15) is 29.1 Å². The fourth-order valence-electron chi connectivity index (χ4n) is 5.33. The molecule has 260 valence electrons. The van der Waals surface area contributed by atoms with Crippen molar-refractivity contribution in [3.8, 4) is 5.75 Å². The maximum atomic E-state index is 13.5. The minimum absolute atomic E-state index is 0.00323. The zero-order valence-corrected chi connectivity index (χ0v) is 27.6. The summed E-state index contributed by atoms with van der Waals surface area (Å²) in [5.41, 5.74) is 2.07. The van der Waals surface area contributed by atoms with Crippen molar-refractivity contribution in [2.24, 2.45) is 5.92 Å². The lowest BCUT2D eigenvalue weighted by Gasteiger charge is -2.26. The molecule has 2 aliphatic rings. The summed E-state index contributed by atoms with van der Waals surface area (Å²) in [7, 11) is 0. The fraction of sp³-hybridized carbons (Fsp3) is 0.500. The first-order valence-electron chi connectivity index (χ1n) is 16.2. The predicted octanol–water partition coefficient (Wildman–Crippen LogP) is -0.161. The summed E-state index contributed by atoms with van der Waals surface area (Å²) < 4.78 is 11.3. The molecule has 0 spiro atoms. The van der Waals surface area contributed by atoms with E-state index in [2.05, 4.69) is 31.5 Å². The third-order valence-corrected chi connectivity index (χ3v) is 8.10. The number of morpholine rings is 1. The van der Waals surface area contributed by atoms with Crippen molar-refractivity contribution < 1.29 is 38.6 Å². The molecule has 2 aromatic carbocycles. The second-order valence-corrected chi connectivity index (χ2v) is 12.4. The number of para-hydroxylation sites is 1. The lowest BCUT2D eigenvalue weighted by molar-refractivity contribution is -0.134. The van der Waals surface area contributed by atoms with Gasteiger partial charge in [-0.2, -0.15) is 0 Å². The highest BCUT2D eigenvalue weighted by atomic mass is 16.5. The second kappa shape index (κ2) is 17.6. The molecule has 0 saturated carbocycles. The number of rotatable bonds is 7. The largest absolute Gasteiger partial charge is 0.491 e. The maximum absolute atomic E-state index is 13.5. The van der Waals surface area contributed by atoms with Gasteiger partial charge in [0.2, 0.25) is 23.6 Å². The summed E-state index contributed by atoms with van der Waals surface area (Å²) in [6.45, 7) is 8.54. The number of hydrogen-bond acceptors (Lipinski definition) is 9. The fourth-order valence-corrected chi connectivity index (χ4v) is 5.33. The average Bonchev–Trinajstić information content (AvgIpc) is 3.07. The first-order chi connectivity index (χ1) is 23.0. The molecule has 1 saturated heterocycles. The van der Waals surface area contributed by atoms with Gasteiger partial charge in [-0.3, -0.25) is 28.9 Å². The molecule has 2 heterocycles. The summed E-state index contributed by atoms with van der Waals surface area (Å²) >= 11 is 0. The molecule has 2 aliphatic heterocycles. The monoisotopic (exact) mass is 666 g/mol. The Morgan fingerprint density at radius 2 is 1.62 bits per heavy atom. The van der Waals surface area contributed by atoms with Crippen LogP contribution in [0.4, 0.5) is 0 Å². The van der Waals surface area contributed by atoms with Gasteiger partial charge in [-0.25, -0.2) is 0 Å². The normalized spacial score (nSPS) is 23.4. The molecule has 48 heavy (non-hydrogen) atoms. The minimum Gasteiger partial charge on any atom is -0.491 e. The van der Waals surface area contributed by atoms with Crippen molar-refractivity contribution in [1.82, 2.24) is 31.5 Å². The van der Waals surface area contributed by atoms with Crippen molar-refractivity contribution in [3.63, 3.8) is 0 Å². The molecule has 5 amide bonds. The number of ether oxygens (including phenoxy) is 2. The van der Waals surface area contributed by atoms with Gasteiger partial charge in [-0.1, -0.05) is 50.2 Å². The number of benzene rings is 2. The van der Waals surface area contributed by atoms with E-state index in [0.717, 1.165) is 30.8 Å². The predicted molar refractivity (Wildman–Crippen MR) is 176 cm³/mol. The Hall–Kier alpha value is -4.53. The van der Waals surface area contributed by atoms with Crippen LogP contribution in [0, 0.1) is 5.92 Å². The van der Waals surface area contributed by atoms with Crippen LogP contribution in [0.2, 0.25) is 0 Å². The average molecular weight is 667 g/mol. The third kappa shape index (κ3) is 10.5. The Balaban J connectivity index is 1.52. The van der Waals surface area contributed by atoms with E-state index in [0.29, 0.717) is 13.2 Å². The van der Waals surface area contributed by atoms with Crippen LogP contribution in [0.3, 0.4) is 0 Å². The van der Waals surface area contributed by atoms with Crippen LogP contribution in [-0.4, -0.2) is 103 Å². The number of aliphatic hydroxyl groups excluding tert-OH is 1. The van der Waals surface area contributed by atoms with Crippen molar-refractivity contribution in [2.45, 2.75) is 64.4 Å². The van der Waals surface area contributed by atoms with Gasteiger partial charge in [0.15, 0.2) is 0 Å². The van der Waals surface area contributed by atoms with Crippen LogP contribution in [0.5, 0.6) is 5.75 Å². The summed E-state index contributed by atoms with van der Waals surface area (Å²) in [5, 5.41) is 23.2. The Morgan fingerprint density at radius 1 is 0.938 bits per heavy atom. The van der Waals surface area contributed by atoms with E-state index in [1.807, 2.05) is 24.3 Å². The first kappa shape index (κ1) is 36.3. The maximum Gasteiger partial charge on any atom is 0.255 e. The molecular weight excluding hydrogens is 620 g/mol. The van der Waals surface area contributed by atoms with E-state index in [-0.39, 0.29) is 30.4 Å². The highest BCUT2D eigenvalue weighted by Crippen LogP contribution is 2.19. The number of carbonyl (C=O) groups excluding carboxylic acids is 5. The van der Waals surface area contributed by atoms with Gasteiger partial charge in [0.25, 0.3) is 5.91 Å². The molecule has 0 aromatic heterocycles. The van der Waals surface area contributed by atoms with Gasteiger partial charge in [0.1, 0.15) is 30.5 Å². The molecule has 6 N–H and O–H groups in total. The Labute approximate surface area is 280 Å². The lowest BCUT2D eigenvalue weighted by Crippen LogP contribution is -2.58. The number of nitrogens with one attached hydrogen (secondary N) is 5.